The van der Waals surface area contributed by atoms with Crippen LogP contribution in [0.1, 0.15) is 62.9 Å². The molecule has 0 radical (unpaired) electrons. The average Bonchev–Trinajstić information content (AvgIpc) is 3.23. The van der Waals surface area contributed by atoms with Crippen LogP contribution >= 0.6 is 0 Å². The topological polar surface area (TPSA) is 87.7 Å². The highest BCUT2D eigenvalue weighted by atomic mass is 16.2. The van der Waals surface area contributed by atoms with Crippen LogP contribution in [-0.4, -0.2) is 26.9 Å². The van der Waals surface area contributed by atoms with Crippen molar-refractivity contribution < 1.29 is 9.59 Å². The summed E-state index contributed by atoms with van der Waals surface area (Å²) in [7, 11) is 0. The van der Waals surface area contributed by atoms with Crippen LogP contribution in [-0.2, 0) is 22.4 Å². The van der Waals surface area contributed by atoms with E-state index in [0.29, 0.717) is 17.6 Å². The van der Waals surface area contributed by atoms with E-state index in [0.717, 1.165) is 49.1 Å². The van der Waals surface area contributed by atoms with Crippen molar-refractivity contribution in [3.05, 3.63) is 41.2 Å². The normalized spacial score (nSPS) is 18.1. The SMILES string of the molecule is CC(C)Cc1nc(NC(=O)[C@H](C)c2ccc(C[C@H]3CCCC3=O)cc2)n[nH]1. The van der Waals surface area contributed by atoms with Gasteiger partial charge in [0.05, 0.1) is 5.92 Å². The predicted molar refractivity (Wildman–Crippen MR) is 104 cm³/mol. The fourth-order valence-corrected chi connectivity index (χ4v) is 3.53. The van der Waals surface area contributed by atoms with Crippen molar-refractivity contribution in [1.29, 1.82) is 0 Å². The van der Waals surface area contributed by atoms with Gasteiger partial charge in [-0.25, -0.2) is 0 Å². The van der Waals surface area contributed by atoms with Gasteiger partial charge in [-0.05, 0) is 43.2 Å². The van der Waals surface area contributed by atoms with Gasteiger partial charge in [0.2, 0.25) is 11.9 Å². The van der Waals surface area contributed by atoms with Gasteiger partial charge >= 0.3 is 0 Å². The molecule has 2 N–H and O–H groups in total. The van der Waals surface area contributed by atoms with Crippen LogP contribution in [0.5, 0.6) is 0 Å². The number of carbonyl (C=O) groups is 2. The number of hydrogen-bond acceptors (Lipinski definition) is 4. The van der Waals surface area contributed by atoms with Crippen LogP contribution in [0.2, 0.25) is 0 Å². The van der Waals surface area contributed by atoms with E-state index in [2.05, 4.69) is 34.3 Å². The number of nitrogens with zero attached hydrogens (tertiary/aromatic N) is 2. The van der Waals surface area contributed by atoms with E-state index in [4.69, 9.17) is 0 Å². The first-order valence-electron chi connectivity index (χ1n) is 9.76. The predicted octanol–water partition coefficient (Wildman–Crippen LogP) is 3.66. The molecule has 144 valence electrons. The summed E-state index contributed by atoms with van der Waals surface area (Å²) in [4.78, 5) is 28.6. The standard InChI is InChI=1S/C21H28N4O2/c1-13(2)11-19-22-21(25-24-19)23-20(27)14(3)16-9-7-15(8-10-16)12-17-5-4-6-18(17)26/h7-10,13-14,17H,4-6,11-12H2,1-3H3,(H2,22,23,24,25,27)/t14-,17-/m1/s1. The molecule has 27 heavy (non-hydrogen) atoms. The maximum Gasteiger partial charge on any atom is 0.248 e. The minimum absolute atomic E-state index is 0.135. The summed E-state index contributed by atoms with van der Waals surface area (Å²) in [6.45, 7) is 6.08. The zero-order valence-corrected chi connectivity index (χ0v) is 16.3. The number of H-pyrrole nitrogens is 1. The van der Waals surface area contributed by atoms with Gasteiger partial charge in [0.15, 0.2) is 0 Å². The minimum Gasteiger partial charge on any atom is -0.299 e. The number of carbonyl (C=O) groups excluding carboxylic acids is 2. The average molecular weight is 368 g/mol. The number of ketones is 1. The number of benzene rings is 1. The van der Waals surface area contributed by atoms with Crippen LogP contribution in [0.4, 0.5) is 5.95 Å². The molecule has 1 amide bonds. The molecule has 1 heterocycles. The molecule has 2 aromatic rings. The van der Waals surface area contributed by atoms with E-state index in [1.54, 1.807) is 0 Å². The first-order valence-corrected chi connectivity index (χ1v) is 9.76. The summed E-state index contributed by atoms with van der Waals surface area (Å²) in [6.07, 6.45) is 4.33. The number of aromatic amines is 1. The largest absolute Gasteiger partial charge is 0.299 e. The van der Waals surface area contributed by atoms with Gasteiger partial charge in [-0.15, -0.1) is 5.10 Å². The fourth-order valence-electron chi connectivity index (χ4n) is 3.53. The second-order valence-electron chi connectivity index (χ2n) is 7.92. The molecule has 6 nitrogen and oxygen atoms in total. The Morgan fingerprint density at radius 2 is 2.00 bits per heavy atom. The molecule has 1 fully saturated rings. The van der Waals surface area contributed by atoms with Gasteiger partial charge in [0, 0.05) is 18.8 Å². The smallest absolute Gasteiger partial charge is 0.248 e. The van der Waals surface area contributed by atoms with E-state index in [9.17, 15) is 9.59 Å². The zero-order valence-electron chi connectivity index (χ0n) is 16.3. The minimum atomic E-state index is -0.306. The van der Waals surface area contributed by atoms with Crippen molar-refractivity contribution in [2.45, 2.75) is 58.8 Å². The number of aromatic nitrogens is 3. The molecular formula is C21H28N4O2. The van der Waals surface area contributed by atoms with Crippen molar-refractivity contribution in [1.82, 2.24) is 15.2 Å². The van der Waals surface area contributed by atoms with Crippen molar-refractivity contribution in [2.75, 3.05) is 5.32 Å². The van der Waals surface area contributed by atoms with E-state index in [1.165, 1.54) is 0 Å². The van der Waals surface area contributed by atoms with Gasteiger partial charge in [0.1, 0.15) is 11.6 Å². The van der Waals surface area contributed by atoms with Gasteiger partial charge in [0.25, 0.3) is 0 Å². The third kappa shape index (κ3) is 5.02. The Morgan fingerprint density at radius 3 is 2.63 bits per heavy atom. The van der Waals surface area contributed by atoms with Crippen LogP contribution in [0.3, 0.4) is 0 Å². The number of amides is 1. The van der Waals surface area contributed by atoms with Crippen LogP contribution < -0.4 is 5.32 Å². The van der Waals surface area contributed by atoms with Crippen LogP contribution in [0, 0.1) is 11.8 Å². The van der Waals surface area contributed by atoms with Crippen molar-refractivity contribution in [3.8, 4) is 0 Å². The van der Waals surface area contributed by atoms with Gasteiger partial charge in [-0.2, -0.15) is 4.98 Å². The zero-order chi connectivity index (χ0) is 19.4. The molecule has 1 aliphatic rings. The maximum atomic E-state index is 12.5. The van der Waals surface area contributed by atoms with Crippen LogP contribution in [0.15, 0.2) is 24.3 Å². The lowest BCUT2D eigenvalue weighted by atomic mass is 9.94. The highest BCUT2D eigenvalue weighted by Crippen LogP contribution is 2.26. The van der Waals surface area contributed by atoms with E-state index in [-0.39, 0.29) is 17.7 Å². The van der Waals surface area contributed by atoms with Crippen molar-refractivity contribution in [3.63, 3.8) is 0 Å². The molecule has 1 aromatic heterocycles. The fraction of sp³-hybridized carbons (Fsp3) is 0.524. The molecule has 3 rings (SSSR count). The highest BCUT2D eigenvalue weighted by Gasteiger charge is 2.24. The third-order valence-electron chi connectivity index (χ3n) is 5.15. The maximum absolute atomic E-state index is 12.5. The monoisotopic (exact) mass is 368 g/mol. The lowest BCUT2D eigenvalue weighted by Crippen LogP contribution is -2.19. The van der Waals surface area contributed by atoms with Gasteiger partial charge < -0.3 is 0 Å². The van der Waals surface area contributed by atoms with Crippen molar-refractivity contribution in [2.24, 2.45) is 11.8 Å². The Bertz CT molecular complexity index is 795. The summed E-state index contributed by atoms with van der Waals surface area (Å²) >= 11 is 0. The number of nitrogens with one attached hydrogen (secondary N) is 2. The molecule has 1 aromatic carbocycles. The number of rotatable bonds is 7. The summed E-state index contributed by atoms with van der Waals surface area (Å²) in [5, 5.41) is 9.70. The lowest BCUT2D eigenvalue weighted by molar-refractivity contribution is -0.120. The number of hydrogen-bond donors (Lipinski definition) is 2. The summed E-state index contributed by atoms with van der Waals surface area (Å²) in [5.74, 6) is 1.68. The van der Waals surface area contributed by atoms with Crippen LogP contribution in [0.25, 0.3) is 0 Å². The quantitative estimate of drug-likeness (QED) is 0.781. The molecule has 0 unspecified atom stereocenters. The van der Waals surface area contributed by atoms with E-state index in [1.807, 2.05) is 31.2 Å². The molecule has 0 spiro atoms. The molecule has 1 aliphatic carbocycles. The second kappa shape index (κ2) is 8.46. The van der Waals surface area contributed by atoms with E-state index >= 15 is 0 Å². The molecule has 0 aliphatic heterocycles. The molecule has 0 saturated heterocycles. The molecular weight excluding hydrogens is 340 g/mol. The Kier molecular flexibility index (Phi) is 6.04. The number of anilines is 1. The molecule has 6 heteroatoms. The first kappa shape index (κ1) is 19.3. The Labute approximate surface area is 160 Å². The summed E-state index contributed by atoms with van der Waals surface area (Å²) < 4.78 is 0. The lowest BCUT2D eigenvalue weighted by Gasteiger charge is -2.13. The second-order valence-corrected chi connectivity index (χ2v) is 7.92. The molecule has 2 atom stereocenters. The van der Waals surface area contributed by atoms with E-state index < -0.39 is 0 Å². The highest BCUT2D eigenvalue weighted by molar-refractivity contribution is 5.94. The Balaban J connectivity index is 1.57. The number of Topliss-reactive ketones (excluding diaryl/α,β-unsaturated/α-hetero) is 1. The first-order chi connectivity index (χ1) is 12.9. The van der Waals surface area contributed by atoms with Crippen molar-refractivity contribution >= 4 is 17.6 Å². The summed E-state index contributed by atoms with van der Waals surface area (Å²) in [5.41, 5.74) is 2.09. The third-order valence-corrected chi connectivity index (χ3v) is 5.15. The van der Waals surface area contributed by atoms with Gasteiger partial charge in [-0.1, -0.05) is 38.1 Å². The Morgan fingerprint density at radius 1 is 1.26 bits per heavy atom. The molecule has 1 saturated carbocycles. The van der Waals surface area contributed by atoms with Gasteiger partial charge in [-0.3, -0.25) is 20.0 Å². The summed E-state index contributed by atoms with van der Waals surface area (Å²) in [6, 6.07) is 8.00. The Hall–Kier alpha value is -2.50. The molecule has 0 bridgehead atoms.